The van der Waals surface area contributed by atoms with Gasteiger partial charge in [0.25, 0.3) is 0 Å². The molecule has 0 amide bonds. The van der Waals surface area contributed by atoms with Gasteiger partial charge in [0.2, 0.25) is 0 Å². The molecule has 5 aromatic carbocycles. The molecule has 0 unspecified atom stereocenters. The molecule has 1 saturated heterocycles. The molecule has 0 aromatic heterocycles. The van der Waals surface area contributed by atoms with Crippen molar-refractivity contribution in [3.63, 3.8) is 0 Å². The molecule has 1 aliphatic heterocycles. The van der Waals surface area contributed by atoms with Crippen LogP contribution in [0.25, 0.3) is 11.1 Å². The molecule has 5 aromatic rings. The Morgan fingerprint density at radius 2 is 1.14 bits per heavy atom. The van der Waals surface area contributed by atoms with E-state index in [4.69, 9.17) is 9.31 Å². The molecule has 0 saturated carbocycles. The summed E-state index contributed by atoms with van der Waals surface area (Å²) in [6.45, 7) is 8.43. The molecular weight excluding hydrogens is 597 g/mol. The molecule has 242 valence electrons. The summed E-state index contributed by atoms with van der Waals surface area (Å²) < 4.78 is 12.8. The molecule has 0 N–H and O–H groups in total. The van der Waals surface area contributed by atoms with Gasteiger partial charge in [-0.3, -0.25) is 0 Å². The smallest absolute Gasteiger partial charge is 0.399 e. The van der Waals surface area contributed by atoms with E-state index in [0.29, 0.717) is 0 Å². The number of allylic oxidation sites excluding steroid dienone is 5. The largest absolute Gasteiger partial charge is 0.494 e. The molecule has 3 nitrogen and oxygen atoms in total. The van der Waals surface area contributed by atoms with Crippen LogP contribution in [0.5, 0.6) is 0 Å². The van der Waals surface area contributed by atoms with Gasteiger partial charge in [-0.15, -0.1) is 0 Å². The topological polar surface area (TPSA) is 21.7 Å². The number of hydrogen-bond donors (Lipinski definition) is 0. The molecule has 1 heterocycles. The molecule has 4 heteroatoms. The number of rotatable bonds is 6. The molecule has 8 rings (SSSR count). The summed E-state index contributed by atoms with van der Waals surface area (Å²) in [5, 5.41) is 0. The average Bonchev–Trinajstić information content (AvgIpc) is 3.52. The summed E-state index contributed by atoms with van der Waals surface area (Å²) in [6, 6.07) is 48.8. The van der Waals surface area contributed by atoms with Crippen molar-refractivity contribution >= 4 is 18.5 Å². The van der Waals surface area contributed by atoms with E-state index in [2.05, 4.69) is 190 Å². The summed E-state index contributed by atoms with van der Waals surface area (Å²) >= 11 is 0. The first-order chi connectivity index (χ1) is 23.8. The predicted molar refractivity (Wildman–Crippen MR) is 203 cm³/mol. The van der Waals surface area contributed by atoms with Gasteiger partial charge in [-0.1, -0.05) is 133 Å². The molecule has 2 aliphatic carbocycles. The van der Waals surface area contributed by atoms with Crippen molar-refractivity contribution in [2.24, 2.45) is 0 Å². The van der Waals surface area contributed by atoms with Gasteiger partial charge in [0.15, 0.2) is 0 Å². The maximum Gasteiger partial charge on any atom is 0.494 e. The highest BCUT2D eigenvalue weighted by atomic mass is 16.7. The van der Waals surface area contributed by atoms with Crippen LogP contribution in [0.4, 0.5) is 11.4 Å². The minimum atomic E-state index is -0.456. The second kappa shape index (κ2) is 12.2. The van der Waals surface area contributed by atoms with Crippen molar-refractivity contribution in [3.05, 3.63) is 191 Å². The first-order valence-corrected chi connectivity index (χ1v) is 17.4. The fraction of sp³-hybridized carbons (Fsp3) is 0.200. The van der Waals surface area contributed by atoms with Crippen LogP contribution in [-0.2, 0) is 14.7 Å². The molecule has 1 fully saturated rings. The van der Waals surface area contributed by atoms with Crippen LogP contribution in [0, 0.1) is 0 Å². The van der Waals surface area contributed by atoms with E-state index >= 15 is 0 Å². The van der Waals surface area contributed by atoms with Gasteiger partial charge in [0.1, 0.15) is 0 Å². The summed E-state index contributed by atoms with van der Waals surface area (Å²) in [4.78, 5) is 2.43. The quantitative estimate of drug-likeness (QED) is 0.169. The third kappa shape index (κ3) is 5.22. The Labute approximate surface area is 291 Å². The van der Waals surface area contributed by atoms with E-state index in [1.807, 2.05) is 0 Å². The van der Waals surface area contributed by atoms with Crippen molar-refractivity contribution in [1.82, 2.24) is 0 Å². The molecular formula is C45H42BNO2. The fourth-order valence-corrected chi connectivity index (χ4v) is 7.76. The number of para-hydroxylation sites is 1. The number of fused-ring (bicyclic) bond motifs is 3. The third-order valence-corrected chi connectivity index (χ3v) is 10.9. The van der Waals surface area contributed by atoms with Crippen molar-refractivity contribution in [3.8, 4) is 11.1 Å². The van der Waals surface area contributed by atoms with Crippen LogP contribution in [0.3, 0.4) is 0 Å². The highest BCUT2D eigenvalue weighted by Crippen LogP contribution is 2.57. The van der Waals surface area contributed by atoms with Gasteiger partial charge in [-0.25, -0.2) is 0 Å². The van der Waals surface area contributed by atoms with E-state index in [1.165, 1.54) is 39.1 Å². The minimum Gasteiger partial charge on any atom is -0.399 e. The lowest BCUT2D eigenvalue weighted by Gasteiger charge is -2.35. The van der Waals surface area contributed by atoms with Crippen LogP contribution < -0.4 is 4.90 Å². The number of anilines is 2. The van der Waals surface area contributed by atoms with E-state index < -0.39 is 5.41 Å². The molecule has 0 radical (unpaired) electrons. The zero-order valence-corrected chi connectivity index (χ0v) is 28.8. The van der Waals surface area contributed by atoms with Crippen molar-refractivity contribution < 1.29 is 9.31 Å². The van der Waals surface area contributed by atoms with Crippen LogP contribution in [0.2, 0.25) is 0 Å². The van der Waals surface area contributed by atoms with Crippen LogP contribution in [0.15, 0.2) is 169 Å². The van der Waals surface area contributed by atoms with Crippen LogP contribution >= 0.6 is 0 Å². The van der Waals surface area contributed by atoms with Gasteiger partial charge < -0.3 is 14.2 Å². The van der Waals surface area contributed by atoms with Crippen LogP contribution in [-0.4, -0.2) is 18.3 Å². The van der Waals surface area contributed by atoms with Crippen molar-refractivity contribution in [1.29, 1.82) is 0 Å². The average molecular weight is 640 g/mol. The number of benzene rings is 5. The molecule has 0 spiro atoms. The maximum absolute atomic E-state index is 6.40. The Hall–Kier alpha value is -4.90. The Kier molecular flexibility index (Phi) is 7.82. The maximum atomic E-state index is 6.40. The van der Waals surface area contributed by atoms with Crippen LogP contribution in [0.1, 0.15) is 62.8 Å². The van der Waals surface area contributed by atoms with E-state index in [-0.39, 0.29) is 18.3 Å². The monoisotopic (exact) mass is 639 g/mol. The van der Waals surface area contributed by atoms with E-state index in [9.17, 15) is 0 Å². The van der Waals surface area contributed by atoms with Gasteiger partial charge in [0, 0.05) is 23.5 Å². The third-order valence-electron chi connectivity index (χ3n) is 10.9. The van der Waals surface area contributed by atoms with Gasteiger partial charge in [-0.2, -0.15) is 0 Å². The fourth-order valence-electron chi connectivity index (χ4n) is 7.76. The normalized spacial score (nSPS) is 19.6. The summed E-state index contributed by atoms with van der Waals surface area (Å²) in [5.74, 6) is 0. The van der Waals surface area contributed by atoms with E-state index in [1.54, 1.807) is 0 Å². The van der Waals surface area contributed by atoms with Gasteiger partial charge in [-0.05, 0) is 97.2 Å². The SMILES string of the molecule is CC1(C)OB(C2=CC/C=C(/N(c3ccccc3)c3ccc4c(c3)C(c3ccccc3)(c3ccccc3)c3ccccc3-4)CC=C2)OC1(C)C. The minimum absolute atomic E-state index is 0.371. The molecule has 0 atom stereocenters. The van der Waals surface area contributed by atoms with Crippen molar-refractivity contribution in [2.45, 2.75) is 57.2 Å². The first kappa shape index (κ1) is 31.4. The Balaban J connectivity index is 1.26. The Bertz CT molecular complexity index is 2020. The highest BCUT2D eigenvalue weighted by Gasteiger charge is 2.52. The molecule has 0 bridgehead atoms. The summed E-state index contributed by atoms with van der Waals surface area (Å²) in [7, 11) is -0.371. The van der Waals surface area contributed by atoms with Gasteiger partial charge >= 0.3 is 7.12 Å². The zero-order chi connectivity index (χ0) is 33.6. The standard InChI is InChI=1S/C45H42BNO2/c1-43(2)44(3,4)49-46(48-43)35-22-16-26-37(27-17-23-35)47(36-24-12-7-13-25-36)38-30-31-40-39-28-14-15-29-41(39)45(42(40)32-38,33-18-8-5-9-19-33)34-20-10-6-11-21-34/h5-16,18-25,27-32H,17,26H2,1-4H3/b22-16?,35-23?,37-27+. The lowest BCUT2D eigenvalue weighted by molar-refractivity contribution is 0.00578. The number of nitrogens with zero attached hydrogens (tertiary/aromatic N) is 1. The second-order valence-electron chi connectivity index (χ2n) is 14.3. The van der Waals surface area contributed by atoms with Gasteiger partial charge in [0.05, 0.1) is 16.6 Å². The summed E-state index contributed by atoms with van der Waals surface area (Å²) in [6.07, 6.45) is 10.6. The second-order valence-corrected chi connectivity index (χ2v) is 14.3. The Morgan fingerprint density at radius 3 is 1.80 bits per heavy atom. The zero-order valence-electron chi connectivity index (χ0n) is 28.8. The number of hydrogen-bond acceptors (Lipinski definition) is 3. The lowest BCUT2D eigenvalue weighted by Crippen LogP contribution is -2.41. The summed E-state index contributed by atoms with van der Waals surface area (Å²) in [5.41, 5.74) is 11.1. The lowest BCUT2D eigenvalue weighted by atomic mass is 9.67. The first-order valence-electron chi connectivity index (χ1n) is 17.4. The molecule has 3 aliphatic rings. The molecule has 49 heavy (non-hydrogen) atoms. The Morgan fingerprint density at radius 1 is 0.571 bits per heavy atom. The van der Waals surface area contributed by atoms with Crippen molar-refractivity contribution in [2.75, 3.05) is 4.90 Å². The van der Waals surface area contributed by atoms with E-state index in [0.717, 1.165) is 29.7 Å². The predicted octanol–water partition coefficient (Wildman–Crippen LogP) is 11.0. The highest BCUT2D eigenvalue weighted by molar-refractivity contribution is 6.55.